The summed E-state index contributed by atoms with van der Waals surface area (Å²) in [4.78, 5) is 22.3. The summed E-state index contributed by atoms with van der Waals surface area (Å²) in [5.41, 5.74) is -0.510. The van der Waals surface area contributed by atoms with Crippen molar-refractivity contribution in [2.24, 2.45) is 11.3 Å². The van der Waals surface area contributed by atoms with Crippen LogP contribution in [0.5, 0.6) is 0 Å². The first kappa shape index (κ1) is 17.9. The van der Waals surface area contributed by atoms with Gasteiger partial charge in [-0.25, -0.2) is 0 Å². The van der Waals surface area contributed by atoms with Crippen LogP contribution in [0.2, 0.25) is 0 Å². The van der Waals surface area contributed by atoms with E-state index in [4.69, 9.17) is 9.84 Å². The van der Waals surface area contributed by atoms with Gasteiger partial charge in [0.25, 0.3) is 0 Å². The summed E-state index contributed by atoms with van der Waals surface area (Å²) in [6.07, 6.45) is 1.00. The van der Waals surface area contributed by atoms with Gasteiger partial charge in [-0.2, -0.15) is 0 Å². The normalized spacial score (nSPS) is 11.6. The van der Waals surface area contributed by atoms with Crippen LogP contribution >= 0.6 is 0 Å². The lowest BCUT2D eigenvalue weighted by molar-refractivity contribution is -0.139. The van der Waals surface area contributed by atoms with Crippen molar-refractivity contribution in [1.29, 1.82) is 0 Å². The molecule has 0 aromatic carbocycles. The predicted molar refractivity (Wildman–Crippen MR) is 73.9 cm³/mol. The van der Waals surface area contributed by atoms with Gasteiger partial charge in [0.1, 0.15) is 0 Å². The summed E-state index contributed by atoms with van der Waals surface area (Å²) < 4.78 is 5.40. The van der Waals surface area contributed by atoms with Gasteiger partial charge in [-0.15, -0.1) is 0 Å². The lowest BCUT2D eigenvalue weighted by atomic mass is 9.85. The number of nitrogens with one attached hydrogen (secondary N) is 1. The Kier molecular flexibility index (Phi) is 8.39. The number of carbonyl (C=O) groups excluding carboxylic acids is 1. The Labute approximate surface area is 115 Å². The summed E-state index contributed by atoms with van der Waals surface area (Å²) in [7, 11) is 0. The third kappa shape index (κ3) is 11.7. The smallest absolute Gasteiger partial charge is 0.303 e. The average Bonchev–Trinajstić information content (AvgIpc) is 2.19. The molecule has 0 bridgehead atoms. The first-order valence-electron chi connectivity index (χ1n) is 6.79. The summed E-state index contributed by atoms with van der Waals surface area (Å²) in [5, 5.41) is 11.5. The minimum atomic E-state index is -0.875. The van der Waals surface area contributed by atoms with Gasteiger partial charge in [0.2, 0.25) is 5.91 Å². The van der Waals surface area contributed by atoms with Crippen molar-refractivity contribution < 1.29 is 19.4 Å². The van der Waals surface area contributed by atoms with Crippen LogP contribution in [0.4, 0.5) is 0 Å². The van der Waals surface area contributed by atoms with E-state index in [-0.39, 0.29) is 18.7 Å². The molecule has 0 atom stereocenters. The molecule has 0 unspecified atom stereocenters. The first-order valence-corrected chi connectivity index (χ1v) is 6.79. The van der Waals surface area contributed by atoms with E-state index in [1.54, 1.807) is 13.8 Å². The SMILES string of the molecule is CC(C)COCCCNC(=O)CC(C)(C)CC(=O)O. The minimum Gasteiger partial charge on any atom is -0.481 e. The van der Waals surface area contributed by atoms with Crippen molar-refractivity contribution in [3.05, 3.63) is 0 Å². The molecule has 112 valence electrons. The second-order valence-electron chi connectivity index (χ2n) is 6.08. The molecule has 0 radical (unpaired) electrons. The van der Waals surface area contributed by atoms with Crippen LogP contribution in [0.3, 0.4) is 0 Å². The van der Waals surface area contributed by atoms with Crippen LogP contribution in [0.1, 0.15) is 47.0 Å². The maximum Gasteiger partial charge on any atom is 0.303 e. The molecule has 0 saturated heterocycles. The van der Waals surface area contributed by atoms with Gasteiger partial charge in [-0.05, 0) is 17.8 Å². The molecule has 0 spiro atoms. The maximum absolute atomic E-state index is 11.6. The van der Waals surface area contributed by atoms with Crippen LogP contribution in [0, 0.1) is 11.3 Å². The second-order valence-corrected chi connectivity index (χ2v) is 6.08. The molecule has 0 aromatic rings. The largest absolute Gasteiger partial charge is 0.481 e. The number of hydrogen-bond donors (Lipinski definition) is 2. The van der Waals surface area contributed by atoms with Crippen molar-refractivity contribution in [2.45, 2.75) is 47.0 Å². The second kappa shape index (κ2) is 8.91. The van der Waals surface area contributed by atoms with Gasteiger partial charge in [0, 0.05) is 26.2 Å². The number of rotatable bonds is 10. The molecule has 2 N–H and O–H groups in total. The zero-order chi connectivity index (χ0) is 14.9. The van der Waals surface area contributed by atoms with Crippen LogP contribution in [-0.2, 0) is 14.3 Å². The highest BCUT2D eigenvalue weighted by Crippen LogP contribution is 2.24. The summed E-state index contributed by atoms with van der Waals surface area (Å²) >= 11 is 0. The van der Waals surface area contributed by atoms with E-state index in [9.17, 15) is 9.59 Å². The lowest BCUT2D eigenvalue weighted by Gasteiger charge is -2.21. The van der Waals surface area contributed by atoms with Gasteiger partial charge >= 0.3 is 5.97 Å². The van der Waals surface area contributed by atoms with Gasteiger partial charge in [-0.3, -0.25) is 9.59 Å². The zero-order valence-electron chi connectivity index (χ0n) is 12.5. The molecule has 0 fully saturated rings. The standard InChI is InChI=1S/C14H27NO4/c1-11(2)10-19-7-5-6-15-12(16)8-14(3,4)9-13(17)18/h11H,5-10H2,1-4H3,(H,15,16)(H,17,18). The molecule has 1 amide bonds. The van der Waals surface area contributed by atoms with Gasteiger partial charge in [0.05, 0.1) is 6.42 Å². The Bertz CT molecular complexity index is 287. The third-order valence-corrected chi connectivity index (χ3v) is 2.51. The van der Waals surface area contributed by atoms with Crippen LogP contribution in [-0.4, -0.2) is 36.7 Å². The van der Waals surface area contributed by atoms with E-state index < -0.39 is 11.4 Å². The highest BCUT2D eigenvalue weighted by molar-refractivity contribution is 5.77. The van der Waals surface area contributed by atoms with E-state index in [1.807, 2.05) is 0 Å². The summed E-state index contributed by atoms with van der Waals surface area (Å²) in [6.45, 7) is 9.69. The molecule has 0 rings (SSSR count). The fourth-order valence-electron chi connectivity index (χ4n) is 1.69. The van der Waals surface area contributed by atoms with Crippen molar-refractivity contribution in [2.75, 3.05) is 19.8 Å². The predicted octanol–water partition coefficient (Wildman–Crippen LogP) is 2.06. The van der Waals surface area contributed by atoms with Crippen LogP contribution in [0.25, 0.3) is 0 Å². The maximum atomic E-state index is 11.6. The zero-order valence-corrected chi connectivity index (χ0v) is 12.5. The number of aliphatic carboxylic acids is 1. The van der Waals surface area contributed by atoms with Gasteiger partial charge in [0.15, 0.2) is 0 Å². The van der Waals surface area contributed by atoms with E-state index in [1.165, 1.54) is 0 Å². The molecule has 0 aliphatic heterocycles. The molecule has 19 heavy (non-hydrogen) atoms. The van der Waals surface area contributed by atoms with Gasteiger partial charge < -0.3 is 15.2 Å². The highest BCUT2D eigenvalue weighted by Gasteiger charge is 2.24. The number of carbonyl (C=O) groups is 2. The Hall–Kier alpha value is -1.10. The van der Waals surface area contributed by atoms with Gasteiger partial charge in [-0.1, -0.05) is 27.7 Å². The molecule has 0 aliphatic rings. The molecule has 0 aliphatic carbocycles. The highest BCUT2D eigenvalue weighted by atomic mass is 16.5. The van der Waals surface area contributed by atoms with E-state index in [0.29, 0.717) is 19.1 Å². The van der Waals surface area contributed by atoms with E-state index in [0.717, 1.165) is 13.0 Å². The van der Waals surface area contributed by atoms with Crippen LogP contribution < -0.4 is 5.32 Å². The number of hydrogen-bond acceptors (Lipinski definition) is 3. The summed E-state index contributed by atoms with van der Waals surface area (Å²) in [5.74, 6) is -0.457. The number of carboxylic acids is 1. The van der Waals surface area contributed by atoms with E-state index >= 15 is 0 Å². The van der Waals surface area contributed by atoms with Crippen molar-refractivity contribution in [1.82, 2.24) is 5.32 Å². The molecule has 5 nitrogen and oxygen atoms in total. The third-order valence-electron chi connectivity index (χ3n) is 2.51. The number of amides is 1. The topological polar surface area (TPSA) is 75.6 Å². The first-order chi connectivity index (χ1) is 8.73. The van der Waals surface area contributed by atoms with Crippen molar-refractivity contribution in [3.8, 4) is 0 Å². The molecule has 0 heterocycles. The fraction of sp³-hybridized carbons (Fsp3) is 0.857. The molecule has 5 heteroatoms. The quantitative estimate of drug-likeness (QED) is 0.597. The number of carboxylic acid groups (broad SMARTS) is 1. The Balaban J connectivity index is 3.67. The molecule has 0 saturated carbocycles. The van der Waals surface area contributed by atoms with Crippen molar-refractivity contribution >= 4 is 11.9 Å². The molecule has 0 aromatic heterocycles. The lowest BCUT2D eigenvalue weighted by Crippen LogP contribution is -2.31. The average molecular weight is 273 g/mol. The minimum absolute atomic E-state index is 0.00206. The Morgan fingerprint density at radius 1 is 1.26 bits per heavy atom. The van der Waals surface area contributed by atoms with Crippen LogP contribution in [0.15, 0.2) is 0 Å². The molecular formula is C14H27NO4. The Morgan fingerprint density at radius 2 is 1.89 bits per heavy atom. The number of ether oxygens (including phenoxy) is 1. The fourth-order valence-corrected chi connectivity index (χ4v) is 1.69. The molecular weight excluding hydrogens is 246 g/mol. The van der Waals surface area contributed by atoms with E-state index in [2.05, 4.69) is 19.2 Å². The summed E-state index contributed by atoms with van der Waals surface area (Å²) in [6, 6.07) is 0. The monoisotopic (exact) mass is 273 g/mol. The Morgan fingerprint density at radius 3 is 2.42 bits per heavy atom. The van der Waals surface area contributed by atoms with Crippen molar-refractivity contribution in [3.63, 3.8) is 0 Å².